The topological polar surface area (TPSA) is 85.7 Å². The zero-order chi connectivity index (χ0) is 21.9. The maximum atomic E-state index is 12.2. The van der Waals surface area contributed by atoms with Gasteiger partial charge in [-0.15, -0.1) is 0 Å². The number of nitrogens with one attached hydrogen (secondary N) is 1. The van der Waals surface area contributed by atoms with Gasteiger partial charge in [0, 0.05) is 37.7 Å². The highest BCUT2D eigenvalue weighted by Crippen LogP contribution is 2.31. The Morgan fingerprint density at radius 2 is 1.83 bits per heavy atom. The molecule has 1 aromatic carbocycles. The highest BCUT2D eigenvalue weighted by Gasteiger charge is 2.09. The summed E-state index contributed by atoms with van der Waals surface area (Å²) in [5, 5.41) is 7.38. The molecule has 30 heavy (non-hydrogen) atoms. The molecule has 0 fully saturated rings. The summed E-state index contributed by atoms with van der Waals surface area (Å²) in [4.78, 5) is 26.5. The first-order valence-corrected chi connectivity index (χ1v) is 10.3. The van der Waals surface area contributed by atoms with Crippen LogP contribution in [0.4, 0.5) is 0 Å². The van der Waals surface area contributed by atoms with Crippen molar-refractivity contribution in [2.45, 2.75) is 33.2 Å². The Bertz CT molecular complexity index is 878. The molecule has 0 aliphatic carbocycles. The Balaban J connectivity index is 1.95. The fraction of sp³-hybridized carbons (Fsp3) is 0.500. The van der Waals surface area contributed by atoms with Crippen molar-refractivity contribution in [1.82, 2.24) is 20.0 Å². The number of carbonyl (C=O) groups excluding carboxylic acids is 1. The van der Waals surface area contributed by atoms with Crippen LogP contribution in [0.15, 0.2) is 35.1 Å². The van der Waals surface area contributed by atoms with Crippen LogP contribution in [-0.2, 0) is 11.3 Å². The van der Waals surface area contributed by atoms with Crippen LogP contribution in [0.25, 0.3) is 11.3 Å². The van der Waals surface area contributed by atoms with Crippen LogP contribution in [0.2, 0.25) is 0 Å². The monoisotopic (exact) mass is 416 g/mol. The Kier molecular flexibility index (Phi) is 9.34. The van der Waals surface area contributed by atoms with E-state index >= 15 is 0 Å². The highest BCUT2D eigenvalue weighted by molar-refractivity contribution is 5.75. The zero-order valence-electron chi connectivity index (χ0n) is 18.3. The van der Waals surface area contributed by atoms with Gasteiger partial charge in [0.1, 0.15) is 0 Å². The molecule has 8 nitrogen and oxygen atoms in total. The molecule has 1 amide bonds. The minimum absolute atomic E-state index is 0.00810. The van der Waals surface area contributed by atoms with Crippen molar-refractivity contribution in [3.8, 4) is 22.8 Å². The SMILES string of the molecule is CCN(CC)CCNC(=O)CCCn1nc(-c2ccc(OC)c(OC)c2)ccc1=O. The van der Waals surface area contributed by atoms with Crippen LogP contribution >= 0.6 is 0 Å². The van der Waals surface area contributed by atoms with Gasteiger partial charge in [-0.1, -0.05) is 13.8 Å². The molecule has 0 aliphatic heterocycles. The maximum Gasteiger partial charge on any atom is 0.266 e. The molecule has 0 bridgehead atoms. The third-order valence-electron chi connectivity index (χ3n) is 4.96. The second-order valence-corrected chi connectivity index (χ2v) is 6.83. The number of benzene rings is 1. The van der Waals surface area contributed by atoms with Crippen LogP contribution in [0.1, 0.15) is 26.7 Å². The number of rotatable bonds is 12. The van der Waals surface area contributed by atoms with Gasteiger partial charge < -0.3 is 19.7 Å². The van der Waals surface area contributed by atoms with Crippen LogP contribution in [0.5, 0.6) is 11.5 Å². The van der Waals surface area contributed by atoms with Gasteiger partial charge in [-0.25, -0.2) is 4.68 Å². The lowest BCUT2D eigenvalue weighted by Crippen LogP contribution is -2.34. The molecule has 1 N–H and O–H groups in total. The van der Waals surface area contributed by atoms with Gasteiger partial charge in [0.25, 0.3) is 5.56 Å². The summed E-state index contributed by atoms with van der Waals surface area (Å²) in [6.07, 6.45) is 0.895. The Morgan fingerprint density at radius 3 is 2.50 bits per heavy atom. The Labute approximate surface area is 177 Å². The fourth-order valence-electron chi connectivity index (χ4n) is 3.13. The average molecular weight is 417 g/mol. The van der Waals surface area contributed by atoms with Crippen LogP contribution in [-0.4, -0.2) is 61.0 Å². The average Bonchev–Trinajstić information content (AvgIpc) is 2.77. The number of ether oxygens (including phenoxy) is 2. The molecule has 2 aromatic rings. The first kappa shape index (κ1) is 23.4. The molecule has 2 rings (SSSR count). The van der Waals surface area contributed by atoms with Gasteiger partial charge in [-0.3, -0.25) is 9.59 Å². The smallest absolute Gasteiger partial charge is 0.266 e. The van der Waals surface area contributed by atoms with E-state index in [2.05, 4.69) is 29.2 Å². The van der Waals surface area contributed by atoms with Crippen molar-refractivity contribution in [3.05, 3.63) is 40.7 Å². The lowest BCUT2D eigenvalue weighted by atomic mass is 10.1. The number of aryl methyl sites for hydroxylation is 1. The molecular weight excluding hydrogens is 384 g/mol. The third kappa shape index (κ3) is 6.59. The summed E-state index contributed by atoms with van der Waals surface area (Å²) in [6, 6.07) is 8.65. The van der Waals surface area contributed by atoms with E-state index in [-0.39, 0.29) is 11.5 Å². The predicted molar refractivity (Wildman–Crippen MR) is 117 cm³/mol. The van der Waals surface area contributed by atoms with Gasteiger partial charge in [0.2, 0.25) is 5.91 Å². The third-order valence-corrected chi connectivity index (χ3v) is 4.96. The molecule has 164 valence electrons. The van der Waals surface area contributed by atoms with Gasteiger partial charge in [-0.05, 0) is 43.8 Å². The van der Waals surface area contributed by atoms with Crippen molar-refractivity contribution in [2.75, 3.05) is 40.4 Å². The summed E-state index contributed by atoms with van der Waals surface area (Å²) in [7, 11) is 3.15. The van der Waals surface area contributed by atoms with Gasteiger partial charge in [-0.2, -0.15) is 5.10 Å². The first-order valence-electron chi connectivity index (χ1n) is 10.3. The highest BCUT2D eigenvalue weighted by atomic mass is 16.5. The van der Waals surface area contributed by atoms with Crippen molar-refractivity contribution in [2.24, 2.45) is 0 Å². The minimum atomic E-state index is -0.193. The van der Waals surface area contributed by atoms with E-state index in [0.717, 1.165) is 25.2 Å². The number of methoxy groups -OCH3 is 2. The fourth-order valence-corrected chi connectivity index (χ4v) is 3.13. The first-order chi connectivity index (χ1) is 14.5. The molecule has 8 heteroatoms. The molecule has 0 aliphatic rings. The molecule has 0 spiro atoms. The largest absolute Gasteiger partial charge is 0.493 e. The van der Waals surface area contributed by atoms with E-state index in [4.69, 9.17) is 9.47 Å². The Hall–Kier alpha value is -2.87. The Morgan fingerprint density at radius 1 is 1.10 bits per heavy atom. The maximum absolute atomic E-state index is 12.2. The molecule has 0 saturated carbocycles. The summed E-state index contributed by atoms with van der Waals surface area (Å²) in [5.74, 6) is 1.21. The lowest BCUT2D eigenvalue weighted by molar-refractivity contribution is -0.121. The number of hydrogen-bond acceptors (Lipinski definition) is 6. The van der Waals surface area contributed by atoms with Crippen molar-refractivity contribution in [1.29, 1.82) is 0 Å². The molecule has 0 radical (unpaired) electrons. The quantitative estimate of drug-likeness (QED) is 0.571. The number of amides is 1. The van der Waals surface area contributed by atoms with Gasteiger partial charge >= 0.3 is 0 Å². The predicted octanol–water partition coefficient (Wildman–Crippen LogP) is 2.17. The molecular formula is C22H32N4O4. The summed E-state index contributed by atoms with van der Waals surface area (Å²) >= 11 is 0. The summed E-state index contributed by atoms with van der Waals surface area (Å²) in [6.45, 7) is 8.00. The van der Waals surface area contributed by atoms with Crippen LogP contribution < -0.4 is 20.3 Å². The van der Waals surface area contributed by atoms with E-state index in [1.165, 1.54) is 10.7 Å². The van der Waals surface area contributed by atoms with Crippen LogP contribution in [0.3, 0.4) is 0 Å². The van der Waals surface area contributed by atoms with Crippen LogP contribution in [0, 0.1) is 0 Å². The number of aromatic nitrogens is 2. The number of hydrogen-bond donors (Lipinski definition) is 1. The van der Waals surface area contributed by atoms with Gasteiger partial charge in [0.15, 0.2) is 11.5 Å². The number of carbonyl (C=O) groups is 1. The lowest BCUT2D eigenvalue weighted by Gasteiger charge is -2.17. The van der Waals surface area contributed by atoms with Gasteiger partial charge in [0.05, 0.1) is 19.9 Å². The van der Waals surface area contributed by atoms with E-state index < -0.39 is 0 Å². The summed E-state index contributed by atoms with van der Waals surface area (Å²) in [5.41, 5.74) is 1.27. The standard InChI is InChI=1S/C22H32N4O4/c1-5-25(6-2)15-13-23-21(27)8-7-14-26-22(28)12-10-18(24-26)17-9-11-19(29-3)20(16-17)30-4/h9-12,16H,5-8,13-15H2,1-4H3,(H,23,27). The zero-order valence-corrected chi connectivity index (χ0v) is 18.3. The molecule has 0 atom stereocenters. The van der Waals surface area contributed by atoms with Crippen molar-refractivity contribution in [3.63, 3.8) is 0 Å². The van der Waals surface area contributed by atoms with E-state index in [1.807, 2.05) is 12.1 Å². The summed E-state index contributed by atoms with van der Waals surface area (Å²) < 4.78 is 12.0. The van der Waals surface area contributed by atoms with Crippen molar-refractivity contribution >= 4 is 5.91 Å². The molecule has 0 saturated heterocycles. The molecule has 0 unspecified atom stereocenters. The van der Waals surface area contributed by atoms with E-state index in [9.17, 15) is 9.59 Å². The minimum Gasteiger partial charge on any atom is -0.493 e. The van der Waals surface area contributed by atoms with E-state index in [0.29, 0.717) is 43.1 Å². The van der Waals surface area contributed by atoms with E-state index in [1.54, 1.807) is 26.4 Å². The molecule has 1 heterocycles. The number of nitrogens with zero attached hydrogens (tertiary/aromatic N) is 3. The molecule has 1 aromatic heterocycles. The normalized spacial score (nSPS) is 10.8. The van der Waals surface area contributed by atoms with Crippen molar-refractivity contribution < 1.29 is 14.3 Å². The second-order valence-electron chi connectivity index (χ2n) is 6.83. The number of likely N-dealkylation sites (N-methyl/N-ethyl adjacent to an activating group) is 1. The second kappa shape index (κ2) is 12.0.